The Morgan fingerprint density at radius 3 is 2.69 bits per heavy atom. The van der Waals surface area contributed by atoms with Gasteiger partial charge in [0.1, 0.15) is 0 Å². The summed E-state index contributed by atoms with van der Waals surface area (Å²) in [6.07, 6.45) is 1.06. The maximum atomic E-state index is 12.7. The molecule has 0 atom stereocenters. The van der Waals surface area contributed by atoms with Crippen LogP contribution in [0.4, 0.5) is 5.69 Å². The summed E-state index contributed by atoms with van der Waals surface area (Å²) < 4.78 is 31.0. The van der Waals surface area contributed by atoms with Gasteiger partial charge < -0.3 is 9.30 Å². The fraction of sp³-hybridized carbons (Fsp3) is 0.222. The molecule has 0 aliphatic carbocycles. The SMILES string of the molecule is COCCn1c(=NC(=O)c2cccc(S(C)(=O)=O)c2)sc2ccc([N+](=O)[O-])cc21. The van der Waals surface area contributed by atoms with Crippen molar-refractivity contribution in [3.63, 3.8) is 0 Å². The Hall–Kier alpha value is -2.89. The van der Waals surface area contributed by atoms with Crippen LogP contribution in [0.5, 0.6) is 0 Å². The van der Waals surface area contributed by atoms with Crippen molar-refractivity contribution in [1.82, 2.24) is 4.57 Å². The van der Waals surface area contributed by atoms with Crippen LogP contribution in [0, 0.1) is 10.1 Å². The van der Waals surface area contributed by atoms with Crippen LogP contribution >= 0.6 is 11.3 Å². The molecular weight excluding hydrogens is 418 g/mol. The summed E-state index contributed by atoms with van der Waals surface area (Å²) in [5.41, 5.74) is 0.632. The molecule has 0 aliphatic heterocycles. The number of non-ortho nitro benzene ring substituents is 1. The van der Waals surface area contributed by atoms with Gasteiger partial charge in [0.25, 0.3) is 11.6 Å². The van der Waals surface area contributed by atoms with Crippen LogP contribution in [-0.2, 0) is 21.1 Å². The van der Waals surface area contributed by atoms with Gasteiger partial charge in [-0.3, -0.25) is 14.9 Å². The first kappa shape index (κ1) is 20.8. The van der Waals surface area contributed by atoms with Crippen molar-refractivity contribution < 1.29 is 22.9 Å². The molecule has 152 valence electrons. The minimum atomic E-state index is -3.46. The number of aromatic nitrogens is 1. The maximum absolute atomic E-state index is 12.7. The average molecular weight is 435 g/mol. The number of nitro groups is 1. The lowest BCUT2D eigenvalue weighted by molar-refractivity contribution is -0.384. The van der Waals surface area contributed by atoms with E-state index in [9.17, 15) is 23.3 Å². The number of methoxy groups -OCH3 is 1. The predicted octanol–water partition coefficient (Wildman–Crippen LogP) is 2.40. The number of nitro benzene ring substituents is 1. The van der Waals surface area contributed by atoms with Crippen LogP contribution in [0.15, 0.2) is 52.4 Å². The van der Waals surface area contributed by atoms with Gasteiger partial charge in [0, 0.05) is 37.6 Å². The largest absolute Gasteiger partial charge is 0.383 e. The summed E-state index contributed by atoms with van der Waals surface area (Å²) in [7, 11) is -1.94. The van der Waals surface area contributed by atoms with E-state index in [1.165, 1.54) is 54.8 Å². The van der Waals surface area contributed by atoms with Gasteiger partial charge >= 0.3 is 0 Å². The predicted molar refractivity (Wildman–Crippen MR) is 108 cm³/mol. The number of ether oxygens (including phenoxy) is 1. The van der Waals surface area contributed by atoms with Crippen LogP contribution in [0.2, 0.25) is 0 Å². The summed E-state index contributed by atoms with van der Waals surface area (Å²) in [5, 5.41) is 11.1. The van der Waals surface area contributed by atoms with Crippen LogP contribution in [0.25, 0.3) is 10.2 Å². The number of benzene rings is 2. The minimum absolute atomic E-state index is 0.0257. The van der Waals surface area contributed by atoms with Crippen molar-refractivity contribution >= 4 is 43.0 Å². The molecule has 1 aromatic heterocycles. The fourth-order valence-electron chi connectivity index (χ4n) is 2.67. The van der Waals surface area contributed by atoms with Gasteiger partial charge in [-0.1, -0.05) is 17.4 Å². The molecule has 0 saturated heterocycles. The second kappa shape index (κ2) is 8.23. The molecule has 9 nitrogen and oxygen atoms in total. The van der Waals surface area contributed by atoms with Gasteiger partial charge in [0.2, 0.25) is 0 Å². The van der Waals surface area contributed by atoms with E-state index in [1.807, 2.05) is 0 Å². The van der Waals surface area contributed by atoms with Crippen LogP contribution in [0.1, 0.15) is 10.4 Å². The monoisotopic (exact) mass is 435 g/mol. The van der Waals surface area contributed by atoms with Crippen molar-refractivity contribution in [3.05, 3.63) is 62.9 Å². The zero-order valence-corrected chi connectivity index (χ0v) is 17.2. The van der Waals surface area contributed by atoms with Crippen LogP contribution < -0.4 is 4.80 Å². The second-order valence-electron chi connectivity index (χ2n) is 6.16. The highest BCUT2D eigenvalue weighted by Gasteiger charge is 2.15. The summed E-state index contributed by atoms with van der Waals surface area (Å²) in [5.74, 6) is -0.609. The minimum Gasteiger partial charge on any atom is -0.383 e. The first-order valence-corrected chi connectivity index (χ1v) is 11.1. The maximum Gasteiger partial charge on any atom is 0.279 e. The molecule has 3 aromatic rings. The van der Waals surface area contributed by atoms with Crippen molar-refractivity contribution in [3.8, 4) is 0 Å². The summed E-state index contributed by atoms with van der Waals surface area (Å²) in [6, 6.07) is 10.1. The Bertz CT molecular complexity index is 1270. The van der Waals surface area contributed by atoms with Crippen LogP contribution in [-0.4, -0.2) is 43.8 Å². The van der Waals surface area contributed by atoms with E-state index in [2.05, 4.69) is 4.99 Å². The van der Waals surface area contributed by atoms with E-state index in [1.54, 1.807) is 10.6 Å². The highest BCUT2D eigenvalue weighted by molar-refractivity contribution is 7.90. The molecule has 0 N–H and O–H groups in total. The molecule has 0 spiro atoms. The number of hydrogen-bond donors (Lipinski definition) is 0. The molecule has 2 aromatic carbocycles. The number of fused-ring (bicyclic) bond motifs is 1. The van der Waals surface area contributed by atoms with Gasteiger partial charge in [-0.25, -0.2) is 8.42 Å². The molecule has 0 aliphatic rings. The third kappa shape index (κ3) is 4.58. The van der Waals surface area contributed by atoms with E-state index >= 15 is 0 Å². The lowest BCUT2D eigenvalue weighted by Gasteiger charge is -2.04. The number of nitrogens with zero attached hydrogens (tertiary/aromatic N) is 3. The number of hydrogen-bond acceptors (Lipinski definition) is 7. The Morgan fingerprint density at radius 1 is 1.28 bits per heavy atom. The molecule has 3 rings (SSSR count). The lowest BCUT2D eigenvalue weighted by atomic mass is 10.2. The summed E-state index contributed by atoms with van der Waals surface area (Å²) in [6.45, 7) is 0.659. The van der Waals surface area contributed by atoms with Gasteiger partial charge in [0.05, 0.1) is 26.6 Å². The van der Waals surface area contributed by atoms with Gasteiger partial charge in [-0.05, 0) is 24.3 Å². The van der Waals surface area contributed by atoms with Gasteiger partial charge in [-0.15, -0.1) is 0 Å². The number of rotatable bonds is 6. The molecule has 0 saturated carbocycles. The molecule has 0 fully saturated rings. The van der Waals surface area contributed by atoms with Crippen LogP contribution in [0.3, 0.4) is 0 Å². The quantitative estimate of drug-likeness (QED) is 0.433. The van der Waals surface area contributed by atoms with E-state index in [0.29, 0.717) is 23.5 Å². The first-order valence-electron chi connectivity index (χ1n) is 8.36. The third-order valence-corrected chi connectivity index (χ3v) is 6.27. The highest BCUT2D eigenvalue weighted by atomic mass is 32.2. The average Bonchev–Trinajstić information content (AvgIpc) is 3.01. The molecule has 11 heteroatoms. The zero-order valence-electron chi connectivity index (χ0n) is 15.6. The van der Waals surface area contributed by atoms with Crippen molar-refractivity contribution in [1.29, 1.82) is 0 Å². The molecule has 1 heterocycles. The molecular formula is C18H17N3O6S2. The summed E-state index contributed by atoms with van der Waals surface area (Å²) in [4.78, 5) is 27.8. The molecule has 0 bridgehead atoms. The number of thiazole rings is 1. The highest BCUT2D eigenvalue weighted by Crippen LogP contribution is 2.23. The van der Waals surface area contributed by atoms with Gasteiger partial charge in [-0.2, -0.15) is 4.99 Å². The topological polar surface area (TPSA) is 121 Å². The van der Waals surface area contributed by atoms with E-state index in [-0.39, 0.29) is 16.1 Å². The zero-order chi connectivity index (χ0) is 21.2. The van der Waals surface area contributed by atoms with Crippen molar-refractivity contribution in [2.45, 2.75) is 11.4 Å². The summed E-state index contributed by atoms with van der Waals surface area (Å²) >= 11 is 1.21. The van der Waals surface area contributed by atoms with Crippen molar-refractivity contribution in [2.24, 2.45) is 4.99 Å². The van der Waals surface area contributed by atoms with Gasteiger partial charge in [0.15, 0.2) is 14.6 Å². The Labute approximate surface area is 170 Å². The third-order valence-electron chi connectivity index (χ3n) is 4.10. The lowest BCUT2D eigenvalue weighted by Crippen LogP contribution is -2.19. The Kier molecular flexibility index (Phi) is 5.91. The molecule has 1 amide bonds. The molecule has 0 unspecified atom stereocenters. The Balaban J connectivity index is 2.13. The Morgan fingerprint density at radius 2 is 2.03 bits per heavy atom. The fourth-order valence-corrected chi connectivity index (χ4v) is 4.37. The standard InChI is InChI=1S/C18H17N3O6S2/c1-27-9-8-20-15-11-13(21(23)24)6-7-16(15)28-18(20)19-17(22)12-4-3-5-14(10-12)29(2,25)26/h3-7,10-11H,8-9H2,1-2H3. The van der Waals surface area contributed by atoms with E-state index in [0.717, 1.165) is 11.0 Å². The van der Waals surface area contributed by atoms with E-state index < -0.39 is 20.7 Å². The number of sulfone groups is 1. The number of carbonyl (C=O) groups is 1. The second-order valence-corrected chi connectivity index (χ2v) is 9.18. The number of carbonyl (C=O) groups excluding carboxylic acids is 1. The first-order chi connectivity index (χ1) is 13.7. The molecule has 0 radical (unpaired) electrons. The molecule has 29 heavy (non-hydrogen) atoms. The number of amides is 1. The van der Waals surface area contributed by atoms with Crippen molar-refractivity contribution in [2.75, 3.05) is 20.0 Å². The van der Waals surface area contributed by atoms with E-state index in [4.69, 9.17) is 4.74 Å². The normalized spacial score (nSPS) is 12.4. The smallest absolute Gasteiger partial charge is 0.279 e.